The monoisotopic (exact) mass is 852 g/mol. The van der Waals surface area contributed by atoms with E-state index in [4.69, 9.17) is 23.2 Å². The lowest BCUT2D eigenvalue weighted by atomic mass is 10.1. The van der Waals surface area contributed by atoms with Gasteiger partial charge in [-0.05, 0) is 38.9 Å². The van der Waals surface area contributed by atoms with Crippen LogP contribution in [0.4, 0.5) is 0 Å². The highest BCUT2D eigenvalue weighted by atomic mass is 35.5. The van der Waals surface area contributed by atoms with Crippen LogP contribution >= 0.6 is 23.2 Å². The third-order valence-electron chi connectivity index (χ3n) is 11.7. The Bertz CT molecular complexity index is 738. The van der Waals surface area contributed by atoms with Crippen molar-refractivity contribution in [3.63, 3.8) is 0 Å². The van der Waals surface area contributed by atoms with E-state index >= 15 is 0 Å². The molecule has 0 saturated carbocycles. The van der Waals surface area contributed by atoms with Crippen LogP contribution in [-0.4, -0.2) is 130 Å². The highest BCUT2D eigenvalue weighted by Crippen LogP contribution is 2.15. The molecule has 0 rings (SSSR count). The van der Waals surface area contributed by atoms with Crippen molar-refractivity contribution in [2.75, 3.05) is 70.7 Å². The van der Waals surface area contributed by atoms with Crippen LogP contribution in [-0.2, 0) is 0 Å². The van der Waals surface area contributed by atoms with Gasteiger partial charge in [0.2, 0.25) is 0 Å². The summed E-state index contributed by atoms with van der Waals surface area (Å²) in [6.45, 7) is 12.2. The lowest BCUT2D eigenvalue weighted by Gasteiger charge is -2.33. The number of hydrogen-bond donors (Lipinski definition) is 4. The molecule has 344 valence electrons. The van der Waals surface area contributed by atoms with Gasteiger partial charge in [-0.3, -0.25) is 14.7 Å². The van der Waals surface area contributed by atoms with Crippen molar-refractivity contribution in [3.05, 3.63) is 0 Å². The maximum Gasteiger partial charge on any atom is 0.0802 e. The number of rotatable bonds is 47. The van der Waals surface area contributed by atoms with Gasteiger partial charge in [0.15, 0.2) is 0 Å². The number of hydrogen-bond acceptors (Lipinski definition) is 7. The predicted molar refractivity (Wildman–Crippen MR) is 250 cm³/mol. The lowest BCUT2D eigenvalue weighted by molar-refractivity contribution is 0.0246. The van der Waals surface area contributed by atoms with Crippen molar-refractivity contribution in [2.24, 2.45) is 0 Å². The molecule has 0 heterocycles. The van der Waals surface area contributed by atoms with Crippen LogP contribution in [0.3, 0.4) is 0 Å². The first-order chi connectivity index (χ1) is 27.8. The Kier molecular flexibility index (Phi) is 44.6. The van der Waals surface area contributed by atoms with Crippen LogP contribution in [0.2, 0.25) is 0 Å². The molecule has 0 fully saturated rings. The molecule has 0 aliphatic heterocycles. The molecule has 0 saturated heterocycles. The van der Waals surface area contributed by atoms with Gasteiger partial charge in [-0.15, -0.1) is 23.2 Å². The lowest BCUT2D eigenvalue weighted by Crippen LogP contribution is -2.47. The molecular weight excluding hydrogens is 753 g/mol. The second-order valence-electron chi connectivity index (χ2n) is 17.7. The third kappa shape index (κ3) is 40.2. The van der Waals surface area contributed by atoms with Crippen LogP contribution in [0, 0.1) is 0 Å². The normalized spacial score (nSPS) is 14.3. The highest BCUT2D eigenvalue weighted by molar-refractivity contribution is 6.18. The van der Waals surface area contributed by atoms with Gasteiger partial charge in [0.25, 0.3) is 0 Å². The smallest absolute Gasteiger partial charge is 0.0802 e. The molecule has 0 spiro atoms. The van der Waals surface area contributed by atoms with E-state index in [1.165, 1.54) is 167 Å². The molecule has 9 heteroatoms. The molecule has 7 nitrogen and oxygen atoms in total. The summed E-state index contributed by atoms with van der Waals surface area (Å²) in [5.74, 6) is 0.380. The van der Waals surface area contributed by atoms with Crippen LogP contribution in [0.5, 0.6) is 0 Å². The molecule has 0 aliphatic carbocycles. The SMILES string of the molecule is CCCCCCCCCCCCN(CC(O)CCl)CC(O)CN(CCCCCCCCCCCC)CC(O)CN(CCCCCCCCCCCC)CC(O)CCl. The van der Waals surface area contributed by atoms with Gasteiger partial charge in [0, 0.05) is 51.0 Å². The number of unbranched alkanes of at least 4 members (excludes halogenated alkanes) is 27. The summed E-state index contributed by atoms with van der Waals surface area (Å²) in [5.41, 5.74) is 0. The van der Waals surface area contributed by atoms with Crippen LogP contribution in [0.25, 0.3) is 0 Å². The van der Waals surface area contributed by atoms with E-state index in [-0.39, 0.29) is 11.8 Å². The Hall–Kier alpha value is 0.300. The van der Waals surface area contributed by atoms with E-state index in [0.29, 0.717) is 39.3 Å². The molecule has 0 amide bonds. The Labute approximate surface area is 365 Å². The van der Waals surface area contributed by atoms with Crippen molar-refractivity contribution in [1.82, 2.24) is 14.7 Å². The highest BCUT2D eigenvalue weighted by Gasteiger charge is 2.22. The molecule has 0 aromatic rings. The maximum absolute atomic E-state index is 11.5. The third-order valence-corrected chi connectivity index (χ3v) is 12.4. The Morgan fingerprint density at radius 2 is 0.456 bits per heavy atom. The molecule has 0 aliphatic rings. The van der Waals surface area contributed by atoms with E-state index < -0.39 is 24.4 Å². The van der Waals surface area contributed by atoms with Gasteiger partial charge in [-0.2, -0.15) is 0 Å². The van der Waals surface area contributed by atoms with Gasteiger partial charge in [-0.1, -0.05) is 194 Å². The summed E-state index contributed by atoms with van der Waals surface area (Å²) in [6, 6.07) is 0. The quantitative estimate of drug-likeness (QED) is 0.0358. The van der Waals surface area contributed by atoms with Crippen molar-refractivity contribution in [2.45, 2.75) is 238 Å². The predicted octanol–water partition coefficient (Wildman–Crippen LogP) is 11.6. The first kappa shape index (κ1) is 57.3. The van der Waals surface area contributed by atoms with E-state index in [2.05, 4.69) is 35.5 Å². The number of aliphatic hydroxyl groups is 4. The van der Waals surface area contributed by atoms with Crippen molar-refractivity contribution >= 4 is 23.2 Å². The first-order valence-corrected chi connectivity index (χ1v) is 25.9. The van der Waals surface area contributed by atoms with Gasteiger partial charge in [0.05, 0.1) is 24.4 Å². The van der Waals surface area contributed by atoms with Crippen LogP contribution in [0.15, 0.2) is 0 Å². The number of nitrogens with zero attached hydrogens (tertiary/aromatic N) is 3. The number of alkyl halides is 2. The van der Waals surface area contributed by atoms with Gasteiger partial charge in [0.1, 0.15) is 0 Å². The number of aliphatic hydroxyl groups excluding tert-OH is 4. The zero-order chi connectivity index (χ0) is 42.0. The average molecular weight is 853 g/mol. The van der Waals surface area contributed by atoms with Crippen molar-refractivity contribution < 1.29 is 20.4 Å². The van der Waals surface area contributed by atoms with Crippen molar-refractivity contribution in [3.8, 4) is 0 Å². The molecule has 4 unspecified atom stereocenters. The minimum atomic E-state index is -0.614. The summed E-state index contributed by atoms with van der Waals surface area (Å²) < 4.78 is 0. The standard InChI is InChI=1S/C48H99Cl2N3O4/c1-4-7-10-13-16-19-22-25-28-31-34-51(39-45(54)37-49)41-47(56)43-53(36-33-30-27-24-21-18-15-12-9-6-3)44-48(57)42-52(40-46(55)38-50)35-32-29-26-23-20-17-14-11-8-5-2/h45-48,54-57H,4-44H2,1-3H3. The summed E-state index contributed by atoms with van der Waals surface area (Å²) in [4.78, 5) is 6.64. The van der Waals surface area contributed by atoms with Gasteiger partial charge in [-0.25, -0.2) is 0 Å². The zero-order valence-corrected chi connectivity index (χ0v) is 39.7. The van der Waals surface area contributed by atoms with E-state index in [1.54, 1.807) is 0 Å². The zero-order valence-electron chi connectivity index (χ0n) is 38.2. The molecule has 0 aromatic carbocycles. The summed E-state index contributed by atoms with van der Waals surface area (Å²) in [7, 11) is 0. The molecule has 57 heavy (non-hydrogen) atoms. The van der Waals surface area contributed by atoms with E-state index in [1.807, 2.05) is 0 Å². The minimum Gasteiger partial charge on any atom is -0.391 e. The molecule has 4 atom stereocenters. The molecule has 0 radical (unpaired) electrons. The van der Waals surface area contributed by atoms with Crippen LogP contribution in [0.1, 0.15) is 213 Å². The Morgan fingerprint density at radius 1 is 0.281 bits per heavy atom. The van der Waals surface area contributed by atoms with E-state index in [9.17, 15) is 20.4 Å². The number of halogens is 2. The fraction of sp³-hybridized carbons (Fsp3) is 1.00. The molecule has 0 bridgehead atoms. The molecule has 0 aromatic heterocycles. The average Bonchev–Trinajstić information content (AvgIpc) is 3.19. The molecular formula is C48H99Cl2N3O4. The van der Waals surface area contributed by atoms with Gasteiger partial charge < -0.3 is 20.4 Å². The maximum atomic E-state index is 11.5. The minimum absolute atomic E-state index is 0.190. The summed E-state index contributed by atoms with van der Waals surface area (Å²) >= 11 is 12.1. The Balaban J connectivity index is 5.18. The fourth-order valence-corrected chi connectivity index (χ4v) is 8.44. The second kappa shape index (κ2) is 44.4. The largest absolute Gasteiger partial charge is 0.391 e. The Morgan fingerprint density at radius 3 is 0.649 bits per heavy atom. The van der Waals surface area contributed by atoms with Crippen molar-refractivity contribution in [1.29, 1.82) is 0 Å². The first-order valence-electron chi connectivity index (χ1n) is 24.8. The van der Waals surface area contributed by atoms with Gasteiger partial charge >= 0.3 is 0 Å². The summed E-state index contributed by atoms with van der Waals surface area (Å²) in [5, 5.41) is 43.8. The van der Waals surface area contributed by atoms with E-state index in [0.717, 1.165) is 45.3 Å². The summed E-state index contributed by atoms with van der Waals surface area (Å²) in [6.07, 6.45) is 35.9. The fourth-order valence-electron chi connectivity index (χ4n) is 8.24. The van der Waals surface area contributed by atoms with Crippen LogP contribution < -0.4 is 0 Å². The second-order valence-corrected chi connectivity index (χ2v) is 18.4. The molecule has 4 N–H and O–H groups in total. The topological polar surface area (TPSA) is 90.6 Å².